The van der Waals surface area contributed by atoms with Gasteiger partial charge in [0.1, 0.15) is 5.82 Å². The van der Waals surface area contributed by atoms with E-state index in [1.165, 1.54) is 5.56 Å². The van der Waals surface area contributed by atoms with Gasteiger partial charge in [0.25, 0.3) is 0 Å². The number of H-pyrrole nitrogens is 1. The first-order chi connectivity index (χ1) is 15.7. The lowest BCUT2D eigenvalue weighted by atomic mass is 9.81. The first-order valence-electron chi connectivity index (χ1n) is 11.9. The lowest BCUT2D eigenvalue weighted by molar-refractivity contribution is -0.138. The quantitative estimate of drug-likeness (QED) is 0.590. The third kappa shape index (κ3) is 3.72. The van der Waals surface area contributed by atoms with Crippen LogP contribution in [0, 0.1) is 11.8 Å². The van der Waals surface area contributed by atoms with Crippen molar-refractivity contribution in [1.29, 1.82) is 0 Å². The minimum absolute atomic E-state index is 0.0158. The SMILES string of the molecule is CCNC(=O)N[C@@H]1CCCC[C@@H]1C(=O)N1CC[C@H]2[C@H](c3ncc[nH]3)Nc3ccccc3[C@@H]21. The van der Waals surface area contributed by atoms with Crippen LogP contribution in [0.25, 0.3) is 0 Å². The molecule has 0 bridgehead atoms. The van der Waals surface area contributed by atoms with Crippen molar-refractivity contribution in [2.24, 2.45) is 11.8 Å². The monoisotopic (exact) mass is 436 g/mol. The number of aromatic nitrogens is 2. The molecule has 8 nitrogen and oxygen atoms in total. The molecule has 3 aliphatic rings. The molecule has 4 N–H and O–H groups in total. The van der Waals surface area contributed by atoms with Crippen LogP contribution >= 0.6 is 0 Å². The first-order valence-corrected chi connectivity index (χ1v) is 11.9. The topological polar surface area (TPSA) is 102 Å². The van der Waals surface area contributed by atoms with Gasteiger partial charge in [-0.25, -0.2) is 9.78 Å². The number of aromatic amines is 1. The third-order valence-electron chi connectivity index (χ3n) is 7.30. The van der Waals surface area contributed by atoms with Crippen LogP contribution in [0.15, 0.2) is 36.7 Å². The molecule has 170 valence electrons. The molecule has 1 aromatic carbocycles. The van der Waals surface area contributed by atoms with E-state index in [1.54, 1.807) is 6.20 Å². The second-order valence-corrected chi connectivity index (χ2v) is 9.11. The zero-order valence-electron chi connectivity index (χ0n) is 18.5. The summed E-state index contributed by atoms with van der Waals surface area (Å²) in [7, 11) is 0. The molecule has 3 heterocycles. The van der Waals surface area contributed by atoms with Crippen molar-refractivity contribution in [3.05, 3.63) is 48.0 Å². The van der Waals surface area contributed by atoms with E-state index >= 15 is 0 Å². The summed E-state index contributed by atoms with van der Waals surface area (Å²) in [6.07, 6.45) is 8.30. The number of carbonyl (C=O) groups is 2. The number of anilines is 1. The smallest absolute Gasteiger partial charge is 0.315 e. The number of urea groups is 1. The Balaban J connectivity index is 1.43. The molecule has 2 aliphatic heterocycles. The summed E-state index contributed by atoms with van der Waals surface area (Å²) < 4.78 is 0. The standard InChI is InChI=1S/C24H32N6O2/c1-2-25-24(32)29-19-10-6-4-8-16(19)23(31)30-14-11-17-20(22-26-12-13-27-22)28-18-9-5-3-7-15(18)21(17)30/h3,5,7,9,12-13,16-17,19-21,28H,2,4,6,8,10-11,14H2,1H3,(H,26,27)(H2,25,29,32)/t16-,17-,19+,20+,21-/m0/s1. The zero-order valence-corrected chi connectivity index (χ0v) is 18.5. The van der Waals surface area contributed by atoms with Gasteiger partial charge in [-0.3, -0.25) is 4.79 Å². The second-order valence-electron chi connectivity index (χ2n) is 9.11. The van der Waals surface area contributed by atoms with Crippen LogP contribution in [0.5, 0.6) is 0 Å². The molecule has 5 atom stereocenters. The largest absolute Gasteiger partial charge is 0.375 e. The minimum Gasteiger partial charge on any atom is -0.375 e. The Bertz CT molecular complexity index is 961. The van der Waals surface area contributed by atoms with Crippen LogP contribution < -0.4 is 16.0 Å². The summed E-state index contributed by atoms with van der Waals surface area (Å²) >= 11 is 0. The van der Waals surface area contributed by atoms with E-state index < -0.39 is 0 Å². The maximum Gasteiger partial charge on any atom is 0.315 e. The Kier molecular flexibility index (Phi) is 5.76. The van der Waals surface area contributed by atoms with Crippen LogP contribution in [0.2, 0.25) is 0 Å². The number of para-hydroxylation sites is 1. The number of hydrogen-bond donors (Lipinski definition) is 4. The minimum atomic E-state index is -0.179. The van der Waals surface area contributed by atoms with Crippen molar-refractivity contribution in [2.45, 2.75) is 57.2 Å². The Labute approximate surface area is 188 Å². The number of benzene rings is 1. The number of nitrogens with one attached hydrogen (secondary N) is 4. The molecule has 32 heavy (non-hydrogen) atoms. The highest BCUT2D eigenvalue weighted by Crippen LogP contribution is 2.51. The van der Waals surface area contributed by atoms with E-state index in [-0.39, 0.29) is 41.9 Å². The van der Waals surface area contributed by atoms with Gasteiger partial charge in [-0.1, -0.05) is 31.0 Å². The highest BCUT2D eigenvalue weighted by molar-refractivity contribution is 5.82. The summed E-state index contributed by atoms with van der Waals surface area (Å²) in [6.45, 7) is 3.20. The molecule has 3 amide bonds. The predicted octanol–water partition coefficient (Wildman–Crippen LogP) is 3.34. The maximum atomic E-state index is 13.9. The van der Waals surface area contributed by atoms with Crippen molar-refractivity contribution >= 4 is 17.6 Å². The Morgan fingerprint density at radius 1 is 1.19 bits per heavy atom. The second kappa shape index (κ2) is 8.84. The van der Waals surface area contributed by atoms with Crippen molar-refractivity contribution in [1.82, 2.24) is 25.5 Å². The van der Waals surface area contributed by atoms with Crippen LogP contribution in [0.3, 0.4) is 0 Å². The number of nitrogens with zero attached hydrogens (tertiary/aromatic N) is 2. The Hall–Kier alpha value is -3.03. The van der Waals surface area contributed by atoms with Crippen molar-refractivity contribution in [3.8, 4) is 0 Å². The summed E-state index contributed by atoms with van der Waals surface area (Å²) in [5.41, 5.74) is 2.24. The summed E-state index contributed by atoms with van der Waals surface area (Å²) in [5, 5.41) is 9.54. The predicted molar refractivity (Wildman–Crippen MR) is 122 cm³/mol. The van der Waals surface area contributed by atoms with E-state index in [0.29, 0.717) is 6.54 Å². The Morgan fingerprint density at radius 2 is 2.03 bits per heavy atom. The molecule has 0 spiro atoms. The molecule has 5 rings (SSSR count). The van der Waals surface area contributed by atoms with Gasteiger partial charge < -0.3 is 25.8 Å². The first kappa shape index (κ1) is 20.8. The van der Waals surface area contributed by atoms with Crippen LogP contribution in [0.1, 0.15) is 62.5 Å². The summed E-state index contributed by atoms with van der Waals surface area (Å²) in [4.78, 5) is 36.0. The van der Waals surface area contributed by atoms with Gasteiger partial charge >= 0.3 is 6.03 Å². The number of fused-ring (bicyclic) bond motifs is 3. The number of imidazole rings is 1. The number of hydrogen-bond acceptors (Lipinski definition) is 4. The fourth-order valence-electron chi connectivity index (χ4n) is 5.88. The summed E-state index contributed by atoms with van der Waals surface area (Å²) in [5.74, 6) is 1.17. The van der Waals surface area contributed by atoms with E-state index in [2.05, 4.69) is 43.0 Å². The number of rotatable bonds is 4. The van der Waals surface area contributed by atoms with Gasteiger partial charge in [-0.05, 0) is 37.8 Å². The molecule has 0 unspecified atom stereocenters. The van der Waals surface area contributed by atoms with Gasteiger partial charge in [-0.15, -0.1) is 0 Å². The zero-order chi connectivity index (χ0) is 22.1. The van der Waals surface area contributed by atoms with Crippen molar-refractivity contribution in [3.63, 3.8) is 0 Å². The van der Waals surface area contributed by atoms with Gasteiger partial charge in [0.15, 0.2) is 0 Å². The van der Waals surface area contributed by atoms with Crippen LogP contribution in [-0.2, 0) is 4.79 Å². The highest BCUT2D eigenvalue weighted by Gasteiger charge is 2.49. The van der Waals surface area contributed by atoms with Gasteiger partial charge in [0.05, 0.1) is 18.0 Å². The lowest BCUT2D eigenvalue weighted by Crippen LogP contribution is -2.52. The molecule has 1 saturated heterocycles. The molecule has 0 radical (unpaired) electrons. The molecule has 2 fully saturated rings. The fraction of sp³-hybridized carbons (Fsp3) is 0.542. The molecular formula is C24H32N6O2. The van der Waals surface area contributed by atoms with Crippen LogP contribution in [-0.4, -0.2) is 45.9 Å². The summed E-state index contributed by atoms with van der Waals surface area (Å²) in [6, 6.07) is 8.06. The normalized spacial score (nSPS) is 28.9. The van der Waals surface area contributed by atoms with Crippen molar-refractivity contribution < 1.29 is 9.59 Å². The van der Waals surface area contributed by atoms with Gasteiger partial charge in [0, 0.05) is 43.1 Å². The number of carbonyl (C=O) groups excluding carboxylic acids is 2. The Morgan fingerprint density at radius 3 is 2.84 bits per heavy atom. The lowest BCUT2D eigenvalue weighted by Gasteiger charge is -2.41. The van der Waals surface area contributed by atoms with Crippen molar-refractivity contribution in [2.75, 3.05) is 18.4 Å². The molecule has 2 aromatic rings. The molecular weight excluding hydrogens is 404 g/mol. The molecule has 1 aromatic heterocycles. The average molecular weight is 437 g/mol. The van der Waals surface area contributed by atoms with E-state index in [9.17, 15) is 9.59 Å². The van der Waals surface area contributed by atoms with E-state index in [0.717, 1.165) is 50.2 Å². The number of amides is 3. The average Bonchev–Trinajstić information content (AvgIpc) is 3.49. The molecule has 1 saturated carbocycles. The highest BCUT2D eigenvalue weighted by atomic mass is 16.2. The molecule has 1 aliphatic carbocycles. The third-order valence-corrected chi connectivity index (χ3v) is 7.30. The fourth-order valence-corrected chi connectivity index (χ4v) is 5.88. The van der Waals surface area contributed by atoms with Gasteiger partial charge in [0.2, 0.25) is 5.91 Å². The van der Waals surface area contributed by atoms with E-state index in [1.807, 2.05) is 25.3 Å². The maximum absolute atomic E-state index is 13.9. The van der Waals surface area contributed by atoms with Crippen LogP contribution in [0.4, 0.5) is 10.5 Å². The molecule has 8 heteroatoms. The van der Waals surface area contributed by atoms with Gasteiger partial charge in [-0.2, -0.15) is 0 Å². The van der Waals surface area contributed by atoms with E-state index in [4.69, 9.17) is 0 Å². The number of likely N-dealkylation sites (tertiary alicyclic amines) is 1.